The van der Waals surface area contributed by atoms with Crippen LogP contribution in [0.1, 0.15) is 0 Å². The standard InChI is InChI=1S/CH6N4Se.CH4N2S/c2-4-1(6)5-3;2-1(3)4/h2-3H2,(H2,4,5,6);(H4,2,3,4). The van der Waals surface area contributed by atoms with E-state index in [0.717, 1.165) is 0 Å². The molecule has 0 heterocycles. The Morgan fingerprint density at radius 1 is 1.20 bits per heavy atom. The molecule has 6 nitrogen and oxygen atoms in total. The fourth-order valence-electron chi connectivity index (χ4n) is 0.0417. The van der Waals surface area contributed by atoms with Crippen LogP contribution in [-0.4, -0.2) is 25.4 Å². The van der Waals surface area contributed by atoms with Gasteiger partial charge in [-0.2, -0.15) is 0 Å². The molecule has 0 amide bonds. The van der Waals surface area contributed by atoms with Gasteiger partial charge in [0.15, 0.2) is 5.11 Å². The molecule has 0 radical (unpaired) electrons. The predicted octanol–water partition coefficient (Wildman–Crippen LogP) is -3.64. The first-order valence-corrected chi connectivity index (χ1v) is 3.33. The Morgan fingerprint density at radius 3 is 1.40 bits per heavy atom. The molecule has 0 unspecified atom stereocenters. The molecule has 0 aliphatic carbocycles. The SMILES string of the molecule is NC(N)=S.NNC(=[Se])NN. The minimum atomic E-state index is 0.000000000000000222. The van der Waals surface area contributed by atoms with Gasteiger partial charge in [-0.15, -0.1) is 0 Å². The zero-order chi connectivity index (χ0) is 8.57. The molecule has 60 valence electrons. The van der Waals surface area contributed by atoms with Crippen LogP contribution in [-0.2, 0) is 0 Å². The predicted molar refractivity (Wildman–Crippen MR) is 46.4 cm³/mol. The fourth-order valence-corrected chi connectivity index (χ4v) is 0.0417. The normalized spacial score (nSPS) is 6.60. The van der Waals surface area contributed by atoms with Crippen molar-refractivity contribution in [2.75, 3.05) is 0 Å². The van der Waals surface area contributed by atoms with Gasteiger partial charge >= 0.3 is 42.8 Å². The van der Waals surface area contributed by atoms with Crippen molar-refractivity contribution in [1.29, 1.82) is 0 Å². The second-order valence-corrected chi connectivity index (χ2v) is 2.35. The summed E-state index contributed by atoms with van der Waals surface area (Å²) in [5.74, 6) is 9.64. The number of nitrogens with one attached hydrogen (secondary N) is 2. The van der Waals surface area contributed by atoms with Crippen molar-refractivity contribution in [3.63, 3.8) is 0 Å². The van der Waals surface area contributed by atoms with Gasteiger partial charge in [-0.1, -0.05) is 0 Å². The Labute approximate surface area is 72.0 Å². The average molecular weight is 229 g/mol. The van der Waals surface area contributed by atoms with E-state index in [9.17, 15) is 0 Å². The third-order valence-corrected chi connectivity index (χ3v) is 0.757. The zero-order valence-corrected chi connectivity index (χ0v) is 7.66. The van der Waals surface area contributed by atoms with E-state index in [4.69, 9.17) is 11.7 Å². The second kappa shape index (κ2) is 8.60. The van der Waals surface area contributed by atoms with E-state index in [2.05, 4.69) is 50.1 Å². The molecule has 0 aliphatic heterocycles. The van der Waals surface area contributed by atoms with E-state index < -0.39 is 0 Å². The van der Waals surface area contributed by atoms with Gasteiger partial charge in [0.2, 0.25) is 0 Å². The van der Waals surface area contributed by atoms with Crippen LogP contribution in [0.4, 0.5) is 0 Å². The van der Waals surface area contributed by atoms with Crippen molar-refractivity contribution < 1.29 is 0 Å². The Bertz CT molecular complexity index is 104. The maximum atomic E-state index is 4.82. The van der Waals surface area contributed by atoms with Crippen molar-refractivity contribution in [3.8, 4) is 0 Å². The van der Waals surface area contributed by atoms with Gasteiger partial charge in [0.25, 0.3) is 0 Å². The topological polar surface area (TPSA) is 128 Å². The number of nitrogens with two attached hydrogens (primary N) is 4. The van der Waals surface area contributed by atoms with Crippen molar-refractivity contribution >= 4 is 37.6 Å². The number of hydrogen-bond acceptors (Lipinski definition) is 5. The molecule has 0 rings (SSSR count). The van der Waals surface area contributed by atoms with Gasteiger partial charge in [-0.05, 0) is 12.2 Å². The van der Waals surface area contributed by atoms with Crippen LogP contribution in [0.3, 0.4) is 0 Å². The molecule has 0 fully saturated rings. The fraction of sp³-hybridized carbons (Fsp3) is 0. The quantitative estimate of drug-likeness (QED) is 0.125. The molecule has 10 heavy (non-hydrogen) atoms. The molecule has 0 spiro atoms. The molecule has 10 N–H and O–H groups in total. The summed E-state index contributed by atoms with van der Waals surface area (Å²) in [6.07, 6.45) is 0. The van der Waals surface area contributed by atoms with Crippen molar-refractivity contribution in [2.45, 2.75) is 0 Å². The van der Waals surface area contributed by atoms with E-state index in [1.54, 1.807) is 0 Å². The van der Waals surface area contributed by atoms with Crippen LogP contribution in [0, 0.1) is 0 Å². The van der Waals surface area contributed by atoms with Gasteiger partial charge in [-0.25, -0.2) is 0 Å². The molecule has 0 aromatic carbocycles. The molecular formula is C2H10N6SSe. The summed E-state index contributed by atoms with van der Waals surface area (Å²) in [6.45, 7) is 0. The van der Waals surface area contributed by atoms with Gasteiger partial charge < -0.3 is 11.5 Å². The van der Waals surface area contributed by atoms with Gasteiger partial charge in [0, 0.05) is 0 Å². The van der Waals surface area contributed by atoms with E-state index >= 15 is 0 Å². The van der Waals surface area contributed by atoms with Gasteiger partial charge in [0.1, 0.15) is 0 Å². The van der Waals surface area contributed by atoms with E-state index in [-0.39, 0.29) is 5.11 Å². The van der Waals surface area contributed by atoms with Crippen LogP contribution in [0.5, 0.6) is 0 Å². The molecule has 0 saturated carbocycles. The molecule has 0 aromatic heterocycles. The molecule has 0 atom stereocenters. The molecule has 0 bridgehead atoms. The number of rotatable bonds is 2. The molecule has 0 aromatic rings. The summed E-state index contributed by atoms with van der Waals surface area (Å²) in [5, 5.41) is 0.000000000000000222. The van der Waals surface area contributed by atoms with Gasteiger partial charge in [0.05, 0.1) is 0 Å². The third-order valence-electron chi connectivity index (χ3n) is 0.262. The average Bonchev–Trinajstić information content (AvgIpc) is 1.85. The van der Waals surface area contributed by atoms with Crippen LogP contribution in [0.15, 0.2) is 0 Å². The first-order valence-electron chi connectivity index (χ1n) is 2.06. The Kier molecular flexibility index (Phi) is 10.6. The van der Waals surface area contributed by atoms with E-state index in [1.807, 2.05) is 0 Å². The van der Waals surface area contributed by atoms with Crippen molar-refractivity contribution in [2.24, 2.45) is 23.2 Å². The molecule has 8 heteroatoms. The number of hydrogen-bond donors (Lipinski definition) is 6. The van der Waals surface area contributed by atoms with Crippen LogP contribution < -0.4 is 34.0 Å². The van der Waals surface area contributed by atoms with E-state index in [0.29, 0.717) is 4.67 Å². The van der Waals surface area contributed by atoms with Crippen molar-refractivity contribution in [1.82, 2.24) is 10.9 Å². The summed E-state index contributed by atoms with van der Waals surface area (Å²) in [4.78, 5) is 0. The van der Waals surface area contributed by atoms with Crippen LogP contribution >= 0.6 is 12.2 Å². The molecule has 0 aliphatic rings. The number of hydrazine groups is 2. The first kappa shape index (κ1) is 12.3. The Morgan fingerprint density at radius 2 is 1.40 bits per heavy atom. The maximum absolute atomic E-state index is 4.82. The molecular weight excluding hydrogens is 219 g/mol. The summed E-state index contributed by atoms with van der Waals surface area (Å²) >= 11 is 6.61. The Hall–Kier alpha value is -0.401. The van der Waals surface area contributed by atoms with Crippen LogP contribution in [0.25, 0.3) is 0 Å². The van der Waals surface area contributed by atoms with Gasteiger partial charge in [-0.3, -0.25) is 0 Å². The van der Waals surface area contributed by atoms with Crippen molar-refractivity contribution in [3.05, 3.63) is 0 Å². The summed E-state index contributed by atoms with van der Waals surface area (Å²) < 4.78 is 0.523. The van der Waals surface area contributed by atoms with Crippen LogP contribution in [0.2, 0.25) is 0 Å². The number of thiocarbonyl (C=S) groups is 1. The second-order valence-electron chi connectivity index (χ2n) is 1.02. The summed E-state index contributed by atoms with van der Waals surface area (Å²) in [7, 11) is 0. The minimum absolute atomic E-state index is 0.000000000000000222. The Balaban J connectivity index is 0. The third kappa shape index (κ3) is 25.5. The van der Waals surface area contributed by atoms with E-state index in [1.165, 1.54) is 0 Å². The summed E-state index contributed by atoms with van der Waals surface area (Å²) in [5.41, 5.74) is 13.7. The molecule has 0 saturated heterocycles. The first-order chi connectivity index (χ1) is 4.54. The monoisotopic (exact) mass is 230 g/mol. The summed E-state index contributed by atoms with van der Waals surface area (Å²) in [6, 6.07) is 0. The zero-order valence-electron chi connectivity index (χ0n) is 5.13.